The average Bonchev–Trinajstić information content (AvgIpc) is 2.97. The van der Waals surface area contributed by atoms with Crippen LogP contribution >= 0.6 is 0 Å². The topological polar surface area (TPSA) is 108 Å². The molecule has 1 aromatic heterocycles. The van der Waals surface area contributed by atoms with E-state index in [0.29, 0.717) is 11.1 Å². The van der Waals surface area contributed by atoms with Gasteiger partial charge in [0.25, 0.3) is 6.23 Å². The number of ketones is 2. The second kappa shape index (κ2) is 8.06. The molecule has 4 atom stereocenters. The molecule has 2 aromatic rings. The number of hydrogen-bond donors (Lipinski definition) is 3. The van der Waals surface area contributed by atoms with Crippen molar-refractivity contribution in [2.75, 3.05) is 6.61 Å². The highest BCUT2D eigenvalue weighted by Crippen LogP contribution is 2.25. The van der Waals surface area contributed by atoms with Crippen molar-refractivity contribution in [1.82, 2.24) is 0 Å². The maximum absolute atomic E-state index is 12.6. The predicted octanol–water partition coefficient (Wildman–Crippen LogP) is 0.214. The minimum atomic E-state index is -1.21. The third kappa shape index (κ3) is 4.12. The van der Waals surface area contributed by atoms with Gasteiger partial charge in [0.2, 0.25) is 0 Å². The first-order valence-corrected chi connectivity index (χ1v) is 8.67. The number of Topliss-reactive ketones (excluding diaryl/α,β-unsaturated/α-hetero) is 2. The number of carbonyl (C=O) groups is 2. The Morgan fingerprint density at radius 3 is 2.37 bits per heavy atom. The van der Waals surface area contributed by atoms with Crippen LogP contribution in [-0.2, 0) is 11.2 Å². The van der Waals surface area contributed by atoms with Crippen molar-refractivity contribution in [2.45, 2.75) is 37.9 Å². The molecule has 3 N–H and O–H groups in total. The van der Waals surface area contributed by atoms with E-state index in [-0.39, 0.29) is 18.0 Å². The van der Waals surface area contributed by atoms with Crippen LogP contribution in [0.4, 0.5) is 0 Å². The number of aromatic nitrogens is 1. The van der Waals surface area contributed by atoms with Crippen molar-refractivity contribution < 1.29 is 34.2 Å². The van der Waals surface area contributed by atoms with E-state index in [1.807, 2.05) is 0 Å². The first-order chi connectivity index (χ1) is 12.9. The van der Waals surface area contributed by atoms with Crippen molar-refractivity contribution in [3.63, 3.8) is 0 Å². The summed E-state index contributed by atoms with van der Waals surface area (Å²) in [6.45, 7) is 1.07. The molecule has 3 rings (SSSR count). The summed E-state index contributed by atoms with van der Waals surface area (Å²) >= 11 is 0. The Balaban J connectivity index is 1.75. The zero-order valence-corrected chi connectivity index (χ0v) is 14.9. The number of nitrogens with zero attached hydrogens (tertiary/aromatic N) is 1. The predicted molar refractivity (Wildman–Crippen MR) is 94.1 cm³/mol. The second-order valence-electron chi connectivity index (χ2n) is 6.62. The van der Waals surface area contributed by atoms with E-state index in [9.17, 15) is 24.9 Å². The van der Waals surface area contributed by atoms with Gasteiger partial charge in [-0.25, -0.2) is 0 Å². The van der Waals surface area contributed by atoms with Crippen LogP contribution in [0.15, 0.2) is 48.8 Å². The molecule has 1 saturated heterocycles. The molecule has 0 bridgehead atoms. The molecule has 142 valence electrons. The highest BCUT2D eigenvalue weighted by molar-refractivity contribution is 5.97. The van der Waals surface area contributed by atoms with Crippen LogP contribution in [0.3, 0.4) is 0 Å². The first kappa shape index (κ1) is 19.3. The van der Waals surface area contributed by atoms with Gasteiger partial charge in [-0.05, 0) is 18.6 Å². The Bertz CT molecular complexity index is 835. The van der Waals surface area contributed by atoms with Crippen LogP contribution in [0.5, 0.6) is 0 Å². The van der Waals surface area contributed by atoms with Crippen LogP contribution in [0.1, 0.15) is 39.4 Å². The Morgan fingerprint density at radius 1 is 1.07 bits per heavy atom. The zero-order chi connectivity index (χ0) is 19.6. The number of rotatable bonds is 6. The number of hydrogen-bond acceptors (Lipinski definition) is 6. The third-order valence-electron chi connectivity index (χ3n) is 4.68. The summed E-state index contributed by atoms with van der Waals surface area (Å²) in [6.07, 6.45) is -0.844. The summed E-state index contributed by atoms with van der Waals surface area (Å²) in [6, 6.07) is 10.2. The standard InChI is InChI=1S/C20H22NO6/c1-12(23)14-6-4-13(5-7-14)9-16(24)15-3-2-8-21(10-15)20-19(26)18(25)17(11-22)27-20/h2-8,10,17-20,22,25-26H,9,11H2,1H3/q+1/t17-,18-,19-,20-/m1/s1. The number of benzene rings is 1. The van der Waals surface area contributed by atoms with Crippen molar-refractivity contribution in [3.05, 3.63) is 65.5 Å². The van der Waals surface area contributed by atoms with Gasteiger partial charge in [-0.1, -0.05) is 24.3 Å². The lowest BCUT2D eigenvalue weighted by atomic mass is 10.0. The monoisotopic (exact) mass is 372 g/mol. The normalized spacial score (nSPS) is 24.7. The molecule has 0 spiro atoms. The lowest BCUT2D eigenvalue weighted by Gasteiger charge is -2.10. The summed E-state index contributed by atoms with van der Waals surface area (Å²) < 4.78 is 6.99. The fraction of sp³-hybridized carbons (Fsp3) is 0.350. The van der Waals surface area contributed by atoms with Crippen LogP contribution < -0.4 is 4.57 Å². The van der Waals surface area contributed by atoms with E-state index in [4.69, 9.17) is 4.74 Å². The minimum Gasteiger partial charge on any atom is -0.394 e. The molecular formula is C20H22NO6+. The molecule has 7 nitrogen and oxygen atoms in total. The van der Waals surface area contributed by atoms with Gasteiger partial charge in [0.15, 0.2) is 30.1 Å². The van der Waals surface area contributed by atoms with E-state index in [0.717, 1.165) is 5.56 Å². The van der Waals surface area contributed by atoms with Crippen LogP contribution in [0.2, 0.25) is 0 Å². The SMILES string of the molecule is CC(=O)c1ccc(CC(=O)c2ccc[n+]([C@@H]3O[C@H](CO)[C@@H](O)[C@H]3O)c2)cc1. The van der Waals surface area contributed by atoms with Crippen LogP contribution in [-0.4, -0.2) is 51.8 Å². The highest BCUT2D eigenvalue weighted by Gasteiger charge is 2.47. The van der Waals surface area contributed by atoms with E-state index in [1.54, 1.807) is 48.8 Å². The van der Waals surface area contributed by atoms with Crippen LogP contribution in [0, 0.1) is 0 Å². The molecule has 2 heterocycles. The quantitative estimate of drug-likeness (QED) is 0.494. The molecule has 0 aliphatic carbocycles. The van der Waals surface area contributed by atoms with Gasteiger partial charge in [0, 0.05) is 18.1 Å². The fourth-order valence-corrected chi connectivity index (χ4v) is 3.09. The third-order valence-corrected chi connectivity index (χ3v) is 4.68. The fourth-order valence-electron chi connectivity index (χ4n) is 3.09. The molecule has 1 aliphatic heterocycles. The summed E-state index contributed by atoms with van der Waals surface area (Å²) in [5.41, 5.74) is 1.80. The largest absolute Gasteiger partial charge is 0.394 e. The number of pyridine rings is 1. The molecule has 0 amide bonds. The van der Waals surface area contributed by atoms with E-state index in [1.165, 1.54) is 11.5 Å². The number of aliphatic hydroxyl groups is 3. The minimum absolute atomic E-state index is 0.0320. The van der Waals surface area contributed by atoms with Gasteiger partial charge < -0.3 is 20.1 Å². The van der Waals surface area contributed by atoms with E-state index >= 15 is 0 Å². The van der Waals surface area contributed by atoms with Crippen molar-refractivity contribution in [2.24, 2.45) is 0 Å². The number of carbonyl (C=O) groups excluding carboxylic acids is 2. The zero-order valence-electron chi connectivity index (χ0n) is 14.9. The lowest BCUT2D eigenvalue weighted by molar-refractivity contribution is -0.765. The Morgan fingerprint density at radius 2 is 1.78 bits per heavy atom. The molecule has 7 heteroatoms. The smallest absolute Gasteiger partial charge is 0.292 e. The molecule has 1 aromatic carbocycles. The van der Waals surface area contributed by atoms with Gasteiger partial charge in [0.05, 0.1) is 12.2 Å². The Labute approximate surface area is 156 Å². The van der Waals surface area contributed by atoms with Gasteiger partial charge >= 0.3 is 0 Å². The second-order valence-corrected chi connectivity index (χ2v) is 6.62. The molecular weight excluding hydrogens is 350 g/mol. The molecule has 0 saturated carbocycles. The number of aliphatic hydroxyl groups excluding tert-OH is 3. The molecule has 0 radical (unpaired) electrons. The maximum Gasteiger partial charge on any atom is 0.292 e. The van der Waals surface area contributed by atoms with E-state index < -0.39 is 31.1 Å². The Kier molecular flexibility index (Phi) is 5.76. The van der Waals surface area contributed by atoms with Crippen molar-refractivity contribution in [1.29, 1.82) is 0 Å². The summed E-state index contributed by atoms with van der Waals surface area (Å²) in [7, 11) is 0. The Hall–Kier alpha value is -2.45. The van der Waals surface area contributed by atoms with Gasteiger partial charge in [-0.2, -0.15) is 4.57 Å². The highest BCUT2D eigenvalue weighted by atomic mass is 16.6. The number of ether oxygens (including phenoxy) is 1. The van der Waals surface area contributed by atoms with Crippen molar-refractivity contribution >= 4 is 11.6 Å². The molecule has 1 aliphatic rings. The van der Waals surface area contributed by atoms with Crippen molar-refractivity contribution in [3.8, 4) is 0 Å². The van der Waals surface area contributed by atoms with E-state index in [2.05, 4.69) is 0 Å². The van der Waals surface area contributed by atoms with Gasteiger partial charge in [0.1, 0.15) is 12.2 Å². The summed E-state index contributed by atoms with van der Waals surface area (Å²) in [4.78, 5) is 23.9. The summed E-state index contributed by atoms with van der Waals surface area (Å²) in [5.74, 6) is -0.165. The average molecular weight is 372 g/mol. The molecule has 0 unspecified atom stereocenters. The maximum atomic E-state index is 12.6. The van der Waals surface area contributed by atoms with Gasteiger partial charge in [-0.15, -0.1) is 0 Å². The summed E-state index contributed by atoms with van der Waals surface area (Å²) in [5, 5.41) is 29.2. The van der Waals surface area contributed by atoms with Gasteiger partial charge in [-0.3, -0.25) is 9.59 Å². The first-order valence-electron chi connectivity index (χ1n) is 8.67. The van der Waals surface area contributed by atoms with Crippen LogP contribution in [0.25, 0.3) is 0 Å². The molecule has 27 heavy (non-hydrogen) atoms. The lowest BCUT2D eigenvalue weighted by Crippen LogP contribution is -2.46. The molecule has 1 fully saturated rings.